The number of hydrogen-bond donors (Lipinski definition) is 2. The first kappa shape index (κ1) is 20.6. The largest absolute Gasteiger partial charge is 0.357 e. The maximum atomic E-state index is 13.0. The molecule has 7 heteroatoms. The molecule has 130 valence electrons. The highest BCUT2D eigenvalue weighted by Crippen LogP contribution is 2.17. The van der Waals surface area contributed by atoms with E-state index in [1.807, 2.05) is 25.1 Å². The molecule has 0 amide bonds. The minimum absolute atomic E-state index is 0. The second-order valence-electron chi connectivity index (χ2n) is 4.93. The maximum absolute atomic E-state index is 13.0. The molecular weight excluding hydrogens is 442 g/mol. The first-order chi connectivity index (χ1) is 11.2. The zero-order chi connectivity index (χ0) is 16.5. The van der Waals surface area contributed by atoms with Gasteiger partial charge in [-0.1, -0.05) is 23.7 Å². The predicted molar refractivity (Wildman–Crippen MR) is 108 cm³/mol. The number of nitrogens with one attached hydrogen (secondary N) is 2. The van der Waals surface area contributed by atoms with Gasteiger partial charge in [-0.2, -0.15) is 0 Å². The van der Waals surface area contributed by atoms with Crippen molar-refractivity contribution >= 4 is 41.5 Å². The minimum atomic E-state index is -0.322. The summed E-state index contributed by atoms with van der Waals surface area (Å²) in [6, 6.07) is 10.2. The van der Waals surface area contributed by atoms with Crippen molar-refractivity contribution < 1.29 is 4.39 Å². The lowest BCUT2D eigenvalue weighted by Crippen LogP contribution is -2.38. The molecule has 24 heavy (non-hydrogen) atoms. The Kier molecular flexibility index (Phi) is 9.63. The molecule has 0 unspecified atom stereocenters. The standard InChI is InChI=1S/C17H20ClFN4.HI/c1-2-20-17(23-12-15-5-3-4-9-21-15)22-10-8-13-6-7-14(19)11-16(13)18;/h3-7,9,11H,2,8,10,12H2,1H3,(H2,20,22,23);1H. The smallest absolute Gasteiger partial charge is 0.191 e. The van der Waals surface area contributed by atoms with Crippen LogP contribution in [0.5, 0.6) is 0 Å². The van der Waals surface area contributed by atoms with Crippen LogP contribution in [0, 0.1) is 5.82 Å². The van der Waals surface area contributed by atoms with Crippen LogP contribution in [-0.4, -0.2) is 24.0 Å². The van der Waals surface area contributed by atoms with Crippen molar-refractivity contribution in [1.82, 2.24) is 15.6 Å². The second kappa shape index (κ2) is 11.2. The number of nitrogens with zero attached hydrogens (tertiary/aromatic N) is 2. The predicted octanol–water partition coefficient (Wildman–Crippen LogP) is 3.79. The van der Waals surface area contributed by atoms with E-state index in [2.05, 4.69) is 20.6 Å². The third-order valence-electron chi connectivity index (χ3n) is 3.17. The lowest BCUT2D eigenvalue weighted by molar-refractivity contribution is 0.627. The highest BCUT2D eigenvalue weighted by atomic mass is 127. The second-order valence-corrected chi connectivity index (χ2v) is 5.34. The molecule has 2 rings (SSSR count). The van der Waals surface area contributed by atoms with E-state index >= 15 is 0 Å². The first-order valence-electron chi connectivity index (χ1n) is 7.55. The lowest BCUT2D eigenvalue weighted by Gasteiger charge is -2.11. The van der Waals surface area contributed by atoms with Crippen LogP contribution in [-0.2, 0) is 13.0 Å². The zero-order valence-corrected chi connectivity index (χ0v) is 16.5. The van der Waals surface area contributed by atoms with Gasteiger partial charge in [0.05, 0.1) is 12.2 Å². The van der Waals surface area contributed by atoms with E-state index < -0.39 is 0 Å². The van der Waals surface area contributed by atoms with Gasteiger partial charge >= 0.3 is 0 Å². The van der Waals surface area contributed by atoms with Crippen molar-refractivity contribution in [3.63, 3.8) is 0 Å². The Morgan fingerprint density at radius 1 is 1.25 bits per heavy atom. The van der Waals surface area contributed by atoms with Crippen LogP contribution in [0.15, 0.2) is 47.6 Å². The molecule has 0 aliphatic carbocycles. The summed E-state index contributed by atoms with van der Waals surface area (Å²) >= 11 is 6.03. The number of benzene rings is 1. The summed E-state index contributed by atoms with van der Waals surface area (Å²) in [6.45, 7) is 3.94. The normalized spacial score (nSPS) is 10.9. The van der Waals surface area contributed by atoms with E-state index in [1.54, 1.807) is 12.3 Å². The number of rotatable bonds is 6. The van der Waals surface area contributed by atoms with Crippen molar-refractivity contribution in [2.45, 2.75) is 19.9 Å². The Morgan fingerprint density at radius 2 is 2.08 bits per heavy atom. The topological polar surface area (TPSA) is 49.3 Å². The van der Waals surface area contributed by atoms with Gasteiger partial charge in [0.15, 0.2) is 5.96 Å². The molecule has 1 heterocycles. The van der Waals surface area contributed by atoms with E-state index in [1.165, 1.54) is 12.1 Å². The van der Waals surface area contributed by atoms with Gasteiger partial charge in [0.1, 0.15) is 5.82 Å². The molecule has 0 spiro atoms. The van der Waals surface area contributed by atoms with Gasteiger partial charge < -0.3 is 10.6 Å². The number of hydrogen-bond acceptors (Lipinski definition) is 2. The summed E-state index contributed by atoms with van der Waals surface area (Å²) in [7, 11) is 0. The summed E-state index contributed by atoms with van der Waals surface area (Å²) in [5, 5.41) is 6.87. The molecular formula is C17H21ClFIN4. The van der Waals surface area contributed by atoms with E-state index in [9.17, 15) is 4.39 Å². The molecule has 0 aliphatic heterocycles. The summed E-state index contributed by atoms with van der Waals surface area (Å²) in [4.78, 5) is 8.73. The minimum Gasteiger partial charge on any atom is -0.357 e. The Labute approximate surface area is 164 Å². The van der Waals surface area contributed by atoms with E-state index in [-0.39, 0.29) is 29.8 Å². The monoisotopic (exact) mass is 462 g/mol. The van der Waals surface area contributed by atoms with Gasteiger partial charge in [0.25, 0.3) is 0 Å². The molecule has 1 aromatic heterocycles. The van der Waals surface area contributed by atoms with Crippen molar-refractivity contribution in [3.05, 3.63) is 64.7 Å². The average molecular weight is 463 g/mol. The van der Waals surface area contributed by atoms with E-state index in [0.29, 0.717) is 24.5 Å². The molecule has 0 aliphatic rings. The molecule has 2 aromatic rings. The number of aromatic nitrogens is 1. The molecule has 0 saturated heterocycles. The summed E-state index contributed by atoms with van der Waals surface area (Å²) < 4.78 is 13.0. The lowest BCUT2D eigenvalue weighted by atomic mass is 10.1. The quantitative estimate of drug-likeness (QED) is 0.390. The van der Waals surface area contributed by atoms with Crippen LogP contribution in [0.4, 0.5) is 4.39 Å². The molecule has 0 atom stereocenters. The zero-order valence-electron chi connectivity index (χ0n) is 13.4. The van der Waals surface area contributed by atoms with E-state index in [4.69, 9.17) is 11.6 Å². The SMILES string of the molecule is CCNC(=NCc1ccccn1)NCCc1ccc(F)cc1Cl.I. The van der Waals surface area contributed by atoms with Crippen molar-refractivity contribution in [3.8, 4) is 0 Å². The number of guanidine groups is 1. The summed E-state index contributed by atoms with van der Waals surface area (Å²) in [6.07, 6.45) is 2.44. The molecule has 0 saturated carbocycles. The van der Waals surface area contributed by atoms with Crippen LogP contribution in [0.1, 0.15) is 18.2 Å². The average Bonchev–Trinajstić information content (AvgIpc) is 2.55. The van der Waals surface area contributed by atoms with Gasteiger partial charge in [0, 0.05) is 24.3 Å². The summed E-state index contributed by atoms with van der Waals surface area (Å²) in [5.74, 6) is 0.397. The third kappa shape index (κ3) is 7.00. The van der Waals surface area contributed by atoms with Gasteiger partial charge in [-0.15, -0.1) is 24.0 Å². The number of pyridine rings is 1. The summed E-state index contributed by atoms with van der Waals surface area (Å²) in [5.41, 5.74) is 1.81. The highest BCUT2D eigenvalue weighted by Gasteiger charge is 2.03. The van der Waals surface area contributed by atoms with Crippen LogP contribution in [0.3, 0.4) is 0 Å². The van der Waals surface area contributed by atoms with Gasteiger partial charge in [-0.3, -0.25) is 4.98 Å². The highest BCUT2D eigenvalue weighted by molar-refractivity contribution is 14.0. The van der Waals surface area contributed by atoms with Crippen molar-refractivity contribution in [2.75, 3.05) is 13.1 Å². The van der Waals surface area contributed by atoms with Crippen molar-refractivity contribution in [2.24, 2.45) is 4.99 Å². The van der Waals surface area contributed by atoms with Gasteiger partial charge in [-0.25, -0.2) is 9.38 Å². The fourth-order valence-electron chi connectivity index (χ4n) is 2.03. The van der Waals surface area contributed by atoms with Crippen LogP contribution in [0.2, 0.25) is 5.02 Å². The molecule has 2 N–H and O–H groups in total. The van der Waals surface area contributed by atoms with Crippen LogP contribution in [0.25, 0.3) is 0 Å². The van der Waals surface area contributed by atoms with Gasteiger partial charge in [-0.05, 0) is 43.2 Å². The Hall–Kier alpha value is -1.41. The van der Waals surface area contributed by atoms with Crippen molar-refractivity contribution in [1.29, 1.82) is 0 Å². The molecule has 0 fully saturated rings. The number of aliphatic imine (C=N–C) groups is 1. The first-order valence-corrected chi connectivity index (χ1v) is 7.93. The molecule has 4 nitrogen and oxygen atoms in total. The Balaban J connectivity index is 0.00000288. The molecule has 1 aromatic carbocycles. The number of halogens is 3. The third-order valence-corrected chi connectivity index (χ3v) is 3.52. The van der Waals surface area contributed by atoms with E-state index in [0.717, 1.165) is 23.8 Å². The fourth-order valence-corrected chi connectivity index (χ4v) is 2.30. The maximum Gasteiger partial charge on any atom is 0.191 e. The fraction of sp³-hybridized carbons (Fsp3) is 0.294. The Bertz CT molecular complexity index is 652. The Morgan fingerprint density at radius 3 is 2.75 bits per heavy atom. The van der Waals surface area contributed by atoms with Crippen LogP contribution < -0.4 is 10.6 Å². The van der Waals surface area contributed by atoms with Gasteiger partial charge in [0.2, 0.25) is 0 Å². The molecule has 0 bridgehead atoms. The molecule has 0 radical (unpaired) electrons. The van der Waals surface area contributed by atoms with Crippen LogP contribution >= 0.6 is 35.6 Å².